The Bertz CT molecular complexity index is 1530. The summed E-state index contributed by atoms with van der Waals surface area (Å²) in [5.74, 6) is 0.547. The third-order valence-corrected chi connectivity index (χ3v) is 7.86. The van der Waals surface area contributed by atoms with E-state index in [-0.39, 0.29) is 48.9 Å². The number of hydrogen-bond acceptors (Lipinski definition) is 5. The minimum Gasteiger partial charge on any atom is -0.512 e. The predicted octanol–water partition coefficient (Wildman–Crippen LogP) is 9.43. The minimum atomic E-state index is -0.0261. The summed E-state index contributed by atoms with van der Waals surface area (Å²) in [6.45, 7) is 18.8. The van der Waals surface area contributed by atoms with Crippen LogP contribution in [0, 0.1) is 31.7 Å². The van der Waals surface area contributed by atoms with Gasteiger partial charge in [-0.25, -0.2) is 4.98 Å². The van der Waals surface area contributed by atoms with Crippen LogP contribution in [0.3, 0.4) is 0 Å². The summed E-state index contributed by atoms with van der Waals surface area (Å²) in [6.07, 6.45) is 6.55. The number of aliphatic hydroxyl groups excluding tert-OH is 1. The Morgan fingerprint density at radius 3 is 2.17 bits per heavy atom. The van der Waals surface area contributed by atoms with Crippen LogP contribution in [0.4, 0.5) is 0 Å². The van der Waals surface area contributed by atoms with Crippen molar-refractivity contribution in [1.82, 2.24) is 15.0 Å². The van der Waals surface area contributed by atoms with E-state index in [0.29, 0.717) is 0 Å². The molecule has 0 amide bonds. The molecule has 6 heteroatoms. The van der Waals surface area contributed by atoms with Gasteiger partial charge >= 0.3 is 0 Å². The number of fused-ring (bicyclic) bond motifs is 2. The minimum absolute atomic E-state index is 0. The second kappa shape index (κ2) is 15.5. The fraction of sp³-hybridized carbons (Fsp3) is 0.444. The number of hydrogen-bond donors (Lipinski definition) is 1. The molecule has 2 heterocycles. The van der Waals surface area contributed by atoms with Crippen molar-refractivity contribution in [3.63, 3.8) is 0 Å². The van der Waals surface area contributed by atoms with Gasteiger partial charge in [-0.15, -0.1) is 18.2 Å². The molecule has 42 heavy (non-hydrogen) atoms. The number of benzene rings is 2. The van der Waals surface area contributed by atoms with E-state index in [1.165, 1.54) is 11.6 Å². The molecule has 0 saturated carbocycles. The van der Waals surface area contributed by atoms with Crippen molar-refractivity contribution >= 4 is 27.6 Å². The van der Waals surface area contributed by atoms with Gasteiger partial charge < -0.3 is 5.11 Å². The van der Waals surface area contributed by atoms with Gasteiger partial charge in [-0.2, -0.15) is 0 Å². The molecule has 0 aliphatic rings. The molecule has 0 saturated heterocycles. The van der Waals surface area contributed by atoms with E-state index < -0.39 is 0 Å². The van der Waals surface area contributed by atoms with E-state index in [1.807, 2.05) is 40.7 Å². The van der Waals surface area contributed by atoms with E-state index >= 15 is 0 Å². The third kappa shape index (κ3) is 8.33. The van der Waals surface area contributed by atoms with Crippen LogP contribution in [0.2, 0.25) is 0 Å². The Labute approximate surface area is 265 Å². The number of para-hydroxylation sites is 1. The quantitative estimate of drug-likeness (QED) is 0.111. The maximum atomic E-state index is 11.7. The molecule has 0 aliphatic heterocycles. The van der Waals surface area contributed by atoms with Gasteiger partial charge in [0.25, 0.3) is 0 Å². The van der Waals surface area contributed by atoms with Gasteiger partial charge in [-0.05, 0) is 55.9 Å². The summed E-state index contributed by atoms with van der Waals surface area (Å²) in [5, 5.41) is 11.8. The second-order valence-electron chi connectivity index (χ2n) is 11.9. The van der Waals surface area contributed by atoms with E-state index in [4.69, 9.17) is 4.98 Å². The molecule has 0 atom stereocenters. The Kier molecular flexibility index (Phi) is 13.0. The van der Waals surface area contributed by atoms with Crippen molar-refractivity contribution in [3.05, 3.63) is 77.4 Å². The smallest absolute Gasteiger partial charge is 0.162 e. The van der Waals surface area contributed by atoms with Crippen molar-refractivity contribution < 1.29 is 30.0 Å². The molecular formula is C36H46IrN3O2-. The van der Waals surface area contributed by atoms with Gasteiger partial charge in [0.1, 0.15) is 6.33 Å². The number of carbonyl (C=O) groups excluding carboxylic acids is 1. The average Bonchev–Trinajstić information content (AvgIpc) is 2.93. The number of allylic oxidation sites excluding steroid dienone is 2. The molecule has 2 aromatic heterocycles. The van der Waals surface area contributed by atoms with Crippen molar-refractivity contribution in [1.29, 1.82) is 0 Å². The first-order valence-electron chi connectivity index (χ1n) is 14.9. The first-order chi connectivity index (χ1) is 19.4. The molecule has 0 fully saturated rings. The molecular weight excluding hydrogens is 699 g/mol. The molecule has 4 rings (SSSR count). The molecule has 1 radical (unpaired) electrons. The number of ketones is 1. The van der Waals surface area contributed by atoms with Crippen LogP contribution in [0.15, 0.2) is 54.6 Å². The normalized spacial score (nSPS) is 11.9. The van der Waals surface area contributed by atoms with Crippen LogP contribution in [0.5, 0.6) is 0 Å². The van der Waals surface area contributed by atoms with Crippen molar-refractivity contribution in [2.24, 2.45) is 11.8 Å². The van der Waals surface area contributed by atoms with Gasteiger partial charge in [0.05, 0.1) is 11.3 Å². The monoisotopic (exact) mass is 745 g/mol. The maximum Gasteiger partial charge on any atom is 0.162 e. The van der Waals surface area contributed by atoms with Crippen LogP contribution in [-0.4, -0.2) is 25.8 Å². The standard InChI is InChI=1S/C23H22N3.C13H24O2.Ir/c1-14-7-6-8-18-20(14)24-13-25-21(18)17-11-16-10-9-15(2)26-22(16)19(12-17)23(3,4)5;1-5-10(6-2)12(14)9-13(15)11(7-3)8-4;/h6-10,12-13H,1-5H3;9-11,14H,5-8H2,1-4H3;/q-1;;/b;12-9-;. The van der Waals surface area contributed by atoms with Crippen LogP contribution in [0.25, 0.3) is 33.1 Å². The van der Waals surface area contributed by atoms with E-state index in [0.717, 1.165) is 70.0 Å². The number of aliphatic hydroxyl groups is 1. The van der Waals surface area contributed by atoms with E-state index in [1.54, 1.807) is 6.33 Å². The number of aromatic nitrogens is 3. The fourth-order valence-corrected chi connectivity index (χ4v) is 5.19. The van der Waals surface area contributed by atoms with Crippen molar-refractivity contribution in [3.8, 4) is 11.3 Å². The van der Waals surface area contributed by atoms with Crippen molar-refractivity contribution in [2.75, 3.05) is 0 Å². The van der Waals surface area contributed by atoms with Crippen LogP contribution in [-0.2, 0) is 30.3 Å². The molecule has 4 aromatic rings. The van der Waals surface area contributed by atoms with Gasteiger partial charge in [0.15, 0.2) is 5.78 Å². The summed E-state index contributed by atoms with van der Waals surface area (Å²) in [4.78, 5) is 25.6. The second-order valence-corrected chi connectivity index (χ2v) is 11.9. The summed E-state index contributed by atoms with van der Waals surface area (Å²) >= 11 is 0. The fourth-order valence-electron chi connectivity index (χ4n) is 5.19. The Morgan fingerprint density at radius 2 is 1.57 bits per heavy atom. The number of rotatable bonds is 8. The molecule has 0 unspecified atom stereocenters. The molecule has 0 spiro atoms. The third-order valence-electron chi connectivity index (χ3n) is 7.86. The molecule has 2 aromatic carbocycles. The zero-order valence-electron chi connectivity index (χ0n) is 26.6. The molecule has 1 N–H and O–H groups in total. The SMILES string of the molecule is CCC(CC)C(=O)/C=C(\O)C(CC)CC.Cc1ccc2[c-]c(-c3ncnc4c(C)cccc34)cc(C(C)(C)C)c2n1.[Ir]. The molecule has 227 valence electrons. The van der Waals surface area contributed by atoms with Crippen LogP contribution in [0.1, 0.15) is 91.0 Å². The van der Waals surface area contributed by atoms with Gasteiger partial charge in [0.2, 0.25) is 0 Å². The number of aryl methyl sites for hydroxylation is 2. The summed E-state index contributed by atoms with van der Waals surface area (Å²) in [6, 6.07) is 16.1. The maximum absolute atomic E-state index is 11.7. The average molecular weight is 745 g/mol. The first-order valence-corrected chi connectivity index (χ1v) is 14.9. The van der Waals surface area contributed by atoms with E-state index in [2.05, 4.69) is 74.1 Å². The Morgan fingerprint density at radius 1 is 0.929 bits per heavy atom. The Hall–Kier alpha value is -2.95. The summed E-state index contributed by atoms with van der Waals surface area (Å²) in [7, 11) is 0. The zero-order valence-corrected chi connectivity index (χ0v) is 29.0. The number of pyridine rings is 1. The number of nitrogens with zero attached hydrogens (tertiary/aromatic N) is 3. The molecule has 0 aliphatic carbocycles. The summed E-state index contributed by atoms with van der Waals surface area (Å²) < 4.78 is 0. The molecule has 0 bridgehead atoms. The van der Waals surface area contributed by atoms with Gasteiger partial charge in [-0.1, -0.05) is 89.2 Å². The summed E-state index contributed by atoms with van der Waals surface area (Å²) in [5.41, 5.74) is 7.29. The zero-order chi connectivity index (χ0) is 30.3. The molecule has 5 nitrogen and oxygen atoms in total. The van der Waals surface area contributed by atoms with Crippen LogP contribution >= 0.6 is 0 Å². The first kappa shape index (κ1) is 35.2. The van der Waals surface area contributed by atoms with Gasteiger partial charge in [0, 0.05) is 54.9 Å². The largest absolute Gasteiger partial charge is 0.512 e. The predicted molar refractivity (Wildman–Crippen MR) is 171 cm³/mol. The van der Waals surface area contributed by atoms with E-state index in [9.17, 15) is 9.90 Å². The van der Waals surface area contributed by atoms with Crippen molar-refractivity contribution in [2.45, 2.75) is 93.4 Å². The van der Waals surface area contributed by atoms with Crippen LogP contribution < -0.4 is 0 Å². The van der Waals surface area contributed by atoms with Gasteiger partial charge in [-0.3, -0.25) is 14.8 Å². The topological polar surface area (TPSA) is 76.0 Å². The number of carbonyl (C=O) groups is 1. The Balaban J connectivity index is 0.000000334.